The Hall–Kier alpha value is -3.52. The van der Waals surface area contributed by atoms with E-state index in [9.17, 15) is 19.5 Å². The highest BCUT2D eigenvalue weighted by Crippen LogP contribution is 2.77. The third kappa shape index (κ3) is 6.28. The standard InChI is InChI=1S/C47H65N3O5/c1-28(2)33-15-21-47(42(55)48-24-18-30-10-9-29(3)34(25-30)40(52)50-27-32-12-11-31(26-49-32)41(53)54)23-22-45(7)35(39(33)47)13-14-37-44(6)19-17-38(51)43(4,5)36(44)16-20-46(37,45)8/h9-12,25-26,33,35-39,51H,1,13-24,27H2,2-8H3,(H,48,55)(H,50,52)(H,53,54)/t33-,35?,36?,37?,38-,39?,44-,45+,46+,47-/m0/s1. The van der Waals surface area contributed by atoms with Crippen molar-refractivity contribution in [2.75, 3.05) is 6.54 Å². The van der Waals surface area contributed by atoms with E-state index in [0.717, 1.165) is 49.7 Å². The van der Waals surface area contributed by atoms with Crippen LogP contribution < -0.4 is 10.6 Å². The van der Waals surface area contributed by atoms with Gasteiger partial charge in [-0.2, -0.15) is 0 Å². The maximum absolute atomic E-state index is 14.7. The van der Waals surface area contributed by atoms with E-state index in [-0.39, 0.29) is 57.1 Å². The number of aromatic carboxylic acids is 1. The van der Waals surface area contributed by atoms with E-state index in [4.69, 9.17) is 5.11 Å². The van der Waals surface area contributed by atoms with Crippen molar-refractivity contribution in [2.24, 2.45) is 56.7 Å². The van der Waals surface area contributed by atoms with Crippen molar-refractivity contribution in [3.63, 3.8) is 0 Å². The molecule has 0 saturated heterocycles. The minimum absolute atomic E-state index is 0.0635. The number of aromatic nitrogens is 1. The second-order valence-corrected chi connectivity index (χ2v) is 19.9. The van der Waals surface area contributed by atoms with Crippen LogP contribution in [0.5, 0.6) is 0 Å². The van der Waals surface area contributed by atoms with Gasteiger partial charge >= 0.3 is 5.97 Å². The van der Waals surface area contributed by atoms with Crippen LogP contribution in [0.2, 0.25) is 0 Å². The monoisotopic (exact) mass is 751 g/mol. The number of carbonyl (C=O) groups excluding carboxylic acids is 2. The molecule has 5 saturated carbocycles. The van der Waals surface area contributed by atoms with Crippen LogP contribution in [0.25, 0.3) is 0 Å². The van der Waals surface area contributed by atoms with Gasteiger partial charge in [0.1, 0.15) is 0 Å². The van der Waals surface area contributed by atoms with E-state index in [2.05, 4.69) is 63.7 Å². The van der Waals surface area contributed by atoms with Gasteiger partial charge in [-0.15, -0.1) is 0 Å². The van der Waals surface area contributed by atoms with E-state index in [1.807, 2.05) is 25.1 Å². The fourth-order valence-corrected chi connectivity index (χ4v) is 14.0. The summed E-state index contributed by atoms with van der Waals surface area (Å²) in [4.78, 5) is 43.2. The van der Waals surface area contributed by atoms with Crippen molar-refractivity contribution < 1.29 is 24.6 Å². The number of aryl methyl sites for hydroxylation is 1. The molecule has 55 heavy (non-hydrogen) atoms. The second-order valence-electron chi connectivity index (χ2n) is 19.9. The van der Waals surface area contributed by atoms with Gasteiger partial charge in [-0.3, -0.25) is 14.6 Å². The fraction of sp³-hybridized carbons (Fsp3) is 0.660. The van der Waals surface area contributed by atoms with E-state index in [1.54, 1.807) is 6.07 Å². The Morgan fingerprint density at radius 3 is 2.33 bits per heavy atom. The summed E-state index contributed by atoms with van der Waals surface area (Å²) in [5.41, 5.74) is 4.46. The molecule has 0 radical (unpaired) electrons. The van der Waals surface area contributed by atoms with Crippen molar-refractivity contribution >= 4 is 17.8 Å². The molecule has 2 aromatic rings. The number of rotatable bonds is 9. The zero-order valence-electron chi connectivity index (χ0n) is 34.4. The average Bonchev–Trinajstić information content (AvgIpc) is 3.55. The summed E-state index contributed by atoms with van der Waals surface area (Å²) in [5, 5.41) is 26.6. The highest BCUT2D eigenvalue weighted by molar-refractivity contribution is 5.95. The van der Waals surface area contributed by atoms with Gasteiger partial charge in [-0.25, -0.2) is 4.79 Å². The molecule has 1 aromatic heterocycles. The largest absolute Gasteiger partial charge is 0.478 e. The molecule has 4 unspecified atom stereocenters. The molecule has 5 aliphatic rings. The number of aliphatic hydroxyl groups is 1. The number of allylic oxidation sites excluding steroid dienone is 1. The number of carboxylic acids is 1. The van der Waals surface area contributed by atoms with E-state index in [1.165, 1.54) is 43.5 Å². The first kappa shape index (κ1) is 39.7. The highest BCUT2D eigenvalue weighted by atomic mass is 16.4. The van der Waals surface area contributed by atoms with Gasteiger partial charge in [-0.1, -0.05) is 58.9 Å². The maximum atomic E-state index is 14.7. The number of hydrogen-bond donors (Lipinski definition) is 4. The maximum Gasteiger partial charge on any atom is 0.337 e. The predicted molar refractivity (Wildman–Crippen MR) is 215 cm³/mol. The van der Waals surface area contributed by atoms with Crippen LogP contribution in [-0.2, 0) is 17.8 Å². The Kier molecular flexibility index (Phi) is 10.2. The number of carbonyl (C=O) groups is 3. The fourth-order valence-electron chi connectivity index (χ4n) is 14.0. The molecule has 8 heteroatoms. The van der Waals surface area contributed by atoms with E-state index in [0.29, 0.717) is 53.8 Å². The third-order valence-electron chi connectivity index (χ3n) is 17.2. The first-order chi connectivity index (χ1) is 25.9. The van der Waals surface area contributed by atoms with Crippen LogP contribution in [0.1, 0.15) is 143 Å². The lowest BCUT2D eigenvalue weighted by Gasteiger charge is -2.72. The predicted octanol–water partition coefficient (Wildman–Crippen LogP) is 8.70. The molecule has 2 amide bonds. The lowest BCUT2D eigenvalue weighted by molar-refractivity contribution is -0.246. The molecule has 5 fully saturated rings. The SMILES string of the molecule is C=C(C)[C@@H]1CC[C@]2(C(=O)NCCc3ccc(C)c(C(=O)NCc4ccc(C(=O)O)cn4)c3)CC[C@]3(C)C(CCC4[C@@]5(C)CC[C@H](O)C(C)(C)C5CC[C@]43C)C12. The van der Waals surface area contributed by atoms with Crippen molar-refractivity contribution in [1.29, 1.82) is 0 Å². The number of amides is 2. The first-order valence-corrected chi connectivity index (χ1v) is 21.1. The molecule has 7 rings (SSSR count). The topological polar surface area (TPSA) is 129 Å². The Morgan fingerprint density at radius 2 is 1.64 bits per heavy atom. The molecular formula is C47H65N3O5. The number of pyridine rings is 1. The van der Waals surface area contributed by atoms with Crippen LogP contribution in [0.15, 0.2) is 48.7 Å². The average molecular weight is 752 g/mol. The lowest BCUT2D eigenvalue weighted by Crippen LogP contribution is -2.67. The summed E-state index contributed by atoms with van der Waals surface area (Å²) >= 11 is 0. The van der Waals surface area contributed by atoms with Crippen molar-refractivity contribution in [3.8, 4) is 0 Å². The van der Waals surface area contributed by atoms with Gasteiger partial charge in [0.15, 0.2) is 0 Å². The molecule has 1 heterocycles. The number of nitrogens with one attached hydrogen (secondary N) is 2. The summed E-state index contributed by atoms with van der Waals surface area (Å²) in [7, 11) is 0. The van der Waals surface area contributed by atoms with Gasteiger partial charge in [-0.05, 0) is 165 Å². The van der Waals surface area contributed by atoms with Gasteiger partial charge in [0.05, 0.1) is 29.3 Å². The molecule has 0 spiro atoms. The molecule has 298 valence electrons. The Morgan fingerprint density at radius 1 is 0.873 bits per heavy atom. The molecule has 5 aliphatic carbocycles. The number of aliphatic hydroxyl groups excluding tert-OH is 1. The first-order valence-electron chi connectivity index (χ1n) is 21.1. The zero-order chi connectivity index (χ0) is 39.7. The smallest absolute Gasteiger partial charge is 0.337 e. The molecule has 0 aliphatic heterocycles. The summed E-state index contributed by atoms with van der Waals surface area (Å²) in [5.74, 6) is 1.24. The van der Waals surface area contributed by atoms with Gasteiger partial charge in [0.2, 0.25) is 5.91 Å². The molecule has 0 bridgehead atoms. The summed E-state index contributed by atoms with van der Waals surface area (Å²) in [6.45, 7) is 21.8. The molecule has 1 aromatic carbocycles. The summed E-state index contributed by atoms with van der Waals surface area (Å²) in [6.07, 6.45) is 12.4. The van der Waals surface area contributed by atoms with Crippen LogP contribution in [0, 0.1) is 63.6 Å². The normalized spacial score (nSPS) is 37.4. The van der Waals surface area contributed by atoms with Gasteiger partial charge in [0.25, 0.3) is 5.91 Å². The van der Waals surface area contributed by atoms with Crippen LogP contribution in [0.3, 0.4) is 0 Å². The summed E-state index contributed by atoms with van der Waals surface area (Å²) < 4.78 is 0. The number of nitrogens with zero attached hydrogens (tertiary/aromatic N) is 1. The molecule has 10 atom stereocenters. The van der Waals surface area contributed by atoms with Gasteiger partial charge < -0.3 is 20.8 Å². The minimum atomic E-state index is -1.04. The Balaban J connectivity index is 1.05. The summed E-state index contributed by atoms with van der Waals surface area (Å²) in [6, 6.07) is 9.00. The number of fused-ring (bicyclic) bond motifs is 7. The van der Waals surface area contributed by atoms with E-state index < -0.39 is 5.97 Å². The number of hydrogen-bond acceptors (Lipinski definition) is 5. The Bertz CT molecular complexity index is 1850. The second kappa shape index (κ2) is 14.1. The van der Waals surface area contributed by atoms with Gasteiger partial charge in [0, 0.05) is 18.3 Å². The van der Waals surface area contributed by atoms with Crippen LogP contribution in [0.4, 0.5) is 0 Å². The molecule has 4 N–H and O–H groups in total. The van der Waals surface area contributed by atoms with Crippen molar-refractivity contribution in [1.82, 2.24) is 15.6 Å². The zero-order valence-corrected chi connectivity index (χ0v) is 34.4. The van der Waals surface area contributed by atoms with Crippen molar-refractivity contribution in [2.45, 2.75) is 132 Å². The molecular weight excluding hydrogens is 687 g/mol. The number of benzene rings is 1. The minimum Gasteiger partial charge on any atom is -0.478 e. The van der Waals surface area contributed by atoms with Crippen LogP contribution in [-0.4, -0.2) is 45.6 Å². The van der Waals surface area contributed by atoms with Crippen molar-refractivity contribution in [3.05, 3.63) is 76.6 Å². The quantitative estimate of drug-likeness (QED) is 0.190. The number of carboxylic acid groups (broad SMARTS) is 1. The highest BCUT2D eigenvalue weighted by Gasteiger charge is 2.71. The van der Waals surface area contributed by atoms with E-state index >= 15 is 0 Å². The third-order valence-corrected chi connectivity index (χ3v) is 17.2. The Labute approximate surface area is 328 Å². The lowest BCUT2D eigenvalue weighted by atomic mass is 9.32. The molecule has 8 nitrogen and oxygen atoms in total. The van der Waals surface area contributed by atoms with Crippen LogP contribution >= 0.6 is 0 Å².